The number of ether oxygens (including phenoxy) is 4. The monoisotopic (exact) mass is 244 g/mol. The first-order valence-electron chi connectivity index (χ1n) is 5.69. The fraction of sp³-hybridized carbons (Fsp3) is 0.750. The minimum atomic E-state index is -0.306. The third-order valence-corrected chi connectivity index (χ3v) is 2.40. The Morgan fingerprint density at radius 3 is 2.71 bits per heavy atom. The molecule has 1 saturated heterocycles. The first-order valence-corrected chi connectivity index (χ1v) is 5.69. The van der Waals surface area contributed by atoms with Crippen molar-refractivity contribution in [3.8, 4) is 0 Å². The summed E-state index contributed by atoms with van der Waals surface area (Å²) in [4.78, 5) is 10.6. The van der Waals surface area contributed by atoms with Crippen molar-refractivity contribution in [1.29, 1.82) is 0 Å². The summed E-state index contributed by atoms with van der Waals surface area (Å²) >= 11 is 0. The number of hydrogen-bond donors (Lipinski definition) is 0. The molecule has 0 spiro atoms. The van der Waals surface area contributed by atoms with E-state index >= 15 is 0 Å². The predicted octanol–water partition coefficient (Wildman–Crippen LogP) is 1.27. The van der Waals surface area contributed by atoms with Crippen molar-refractivity contribution in [3.63, 3.8) is 0 Å². The zero-order valence-electron chi connectivity index (χ0n) is 10.6. The second-order valence-electron chi connectivity index (χ2n) is 4.07. The Balaban J connectivity index is 2.32. The normalized spacial score (nSPS) is 27.8. The van der Waals surface area contributed by atoms with Crippen LogP contribution < -0.4 is 0 Å². The van der Waals surface area contributed by atoms with Crippen LogP contribution in [0.2, 0.25) is 0 Å². The summed E-state index contributed by atoms with van der Waals surface area (Å²) in [5, 5.41) is 0. The molecule has 0 aromatic heterocycles. The molecular formula is C12H20O5. The van der Waals surface area contributed by atoms with E-state index in [0.717, 1.165) is 0 Å². The highest BCUT2D eigenvalue weighted by molar-refractivity contribution is 5.65. The molecule has 1 heterocycles. The average molecular weight is 244 g/mol. The van der Waals surface area contributed by atoms with Crippen molar-refractivity contribution >= 4 is 5.97 Å². The van der Waals surface area contributed by atoms with Gasteiger partial charge in [0.15, 0.2) is 0 Å². The molecule has 98 valence electrons. The molecule has 5 nitrogen and oxygen atoms in total. The summed E-state index contributed by atoms with van der Waals surface area (Å²) < 4.78 is 21.4. The first-order chi connectivity index (χ1) is 8.00. The summed E-state index contributed by atoms with van der Waals surface area (Å²) in [5.74, 6) is 0.334. The second kappa shape index (κ2) is 6.61. The van der Waals surface area contributed by atoms with Crippen LogP contribution in [0.15, 0.2) is 12.3 Å². The fourth-order valence-electron chi connectivity index (χ4n) is 1.71. The van der Waals surface area contributed by atoms with Gasteiger partial charge in [-0.3, -0.25) is 4.79 Å². The van der Waals surface area contributed by atoms with Crippen LogP contribution in [-0.4, -0.2) is 44.1 Å². The molecule has 0 aliphatic carbocycles. The smallest absolute Gasteiger partial charge is 0.302 e. The van der Waals surface area contributed by atoms with E-state index in [4.69, 9.17) is 18.9 Å². The molecule has 17 heavy (non-hydrogen) atoms. The van der Waals surface area contributed by atoms with Gasteiger partial charge in [-0.25, -0.2) is 0 Å². The lowest BCUT2D eigenvalue weighted by atomic mass is 10.1. The largest absolute Gasteiger partial charge is 0.490 e. The maximum Gasteiger partial charge on any atom is 0.302 e. The fourth-order valence-corrected chi connectivity index (χ4v) is 1.71. The van der Waals surface area contributed by atoms with E-state index in [1.54, 1.807) is 6.92 Å². The van der Waals surface area contributed by atoms with E-state index in [1.165, 1.54) is 6.92 Å². The van der Waals surface area contributed by atoms with Gasteiger partial charge in [-0.05, 0) is 13.8 Å². The van der Waals surface area contributed by atoms with Crippen LogP contribution in [0.4, 0.5) is 0 Å². The maximum atomic E-state index is 10.6. The number of rotatable bonds is 6. The average Bonchev–Trinajstić information content (AvgIpc) is 2.54. The van der Waals surface area contributed by atoms with Crippen LogP contribution in [0.25, 0.3) is 0 Å². The number of allylic oxidation sites excluding steroid dienone is 1. The van der Waals surface area contributed by atoms with E-state index in [0.29, 0.717) is 19.0 Å². The first kappa shape index (κ1) is 14.0. The number of carbonyl (C=O) groups is 1. The van der Waals surface area contributed by atoms with Crippen molar-refractivity contribution in [2.45, 2.75) is 39.1 Å². The molecule has 0 aromatic rings. The molecular weight excluding hydrogens is 224 g/mol. The van der Waals surface area contributed by atoms with Gasteiger partial charge in [0.05, 0.1) is 25.1 Å². The summed E-state index contributed by atoms with van der Waals surface area (Å²) in [6.07, 6.45) is -0.321. The Hall–Kier alpha value is -1.07. The number of hydrogen-bond acceptors (Lipinski definition) is 5. The van der Waals surface area contributed by atoms with Gasteiger partial charge in [0.25, 0.3) is 0 Å². The predicted molar refractivity (Wildman–Crippen MR) is 61.5 cm³/mol. The van der Waals surface area contributed by atoms with Gasteiger partial charge in [0, 0.05) is 6.92 Å². The summed E-state index contributed by atoms with van der Waals surface area (Å²) in [6.45, 7) is 9.87. The summed E-state index contributed by atoms with van der Waals surface area (Å²) in [6, 6.07) is 0. The van der Waals surface area contributed by atoms with Gasteiger partial charge in [0.1, 0.15) is 18.8 Å². The van der Waals surface area contributed by atoms with Crippen molar-refractivity contribution in [1.82, 2.24) is 0 Å². The number of esters is 1. The Bertz CT molecular complexity index is 276. The van der Waals surface area contributed by atoms with Crippen LogP contribution in [0.1, 0.15) is 20.8 Å². The lowest BCUT2D eigenvalue weighted by Gasteiger charge is -2.22. The zero-order valence-corrected chi connectivity index (χ0v) is 10.6. The molecule has 5 heteroatoms. The van der Waals surface area contributed by atoms with E-state index in [-0.39, 0.29) is 30.9 Å². The van der Waals surface area contributed by atoms with Crippen LogP contribution in [-0.2, 0) is 23.7 Å². The lowest BCUT2D eigenvalue weighted by molar-refractivity contribution is -0.144. The summed E-state index contributed by atoms with van der Waals surface area (Å²) in [7, 11) is 0. The van der Waals surface area contributed by atoms with Crippen molar-refractivity contribution in [2.24, 2.45) is 0 Å². The van der Waals surface area contributed by atoms with Crippen LogP contribution >= 0.6 is 0 Å². The standard InChI is InChI=1S/C12H20O5/c1-8(2)17-11-7-16-9(3)12(11)15-6-5-14-10(4)13/h9,11-12H,1,5-7H2,2-4H3. The lowest BCUT2D eigenvalue weighted by Crippen LogP contribution is -2.34. The quantitative estimate of drug-likeness (QED) is 0.400. The van der Waals surface area contributed by atoms with Crippen molar-refractivity contribution in [2.75, 3.05) is 19.8 Å². The molecule has 1 aliphatic heterocycles. The molecule has 0 bridgehead atoms. The van der Waals surface area contributed by atoms with Gasteiger partial charge in [-0.2, -0.15) is 0 Å². The van der Waals surface area contributed by atoms with Crippen molar-refractivity contribution < 1.29 is 23.7 Å². The van der Waals surface area contributed by atoms with Gasteiger partial charge in [-0.1, -0.05) is 6.58 Å². The second-order valence-corrected chi connectivity index (χ2v) is 4.07. The molecule has 0 radical (unpaired) electrons. The third kappa shape index (κ3) is 4.75. The Kier molecular flexibility index (Phi) is 5.44. The van der Waals surface area contributed by atoms with E-state index in [9.17, 15) is 4.79 Å². The van der Waals surface area contributed by atoms with E-state index < -0.39 is 0 Å². The molecule has 1 fully saturated rings. The van der Waals surface area contributed by atoms with Crippen LogP contribution in [0, 0.1) is 0 Å². The molecule has 1 rings (SSSR count). The Morgan fingerprint density at radius 2 is 2.12 bits per heavy atom. The SMILES string of the molecule is C=C(C)OC1COC(C)C1OCCOC(C)=O. The molecule has 3 unspecified atom stereocenters. The van der Waals surface area contributed by atoms with Gasteiger partial charge >= 0.3 is 5.97 Å². The minimum Gasteiger partial charge on any atom is -0.490 e. The van der Waals surface area contributed by atoms with Crippen LogP contribution in [0.3, 0.4) is 0 Å². The van der Waals surface area contributed by atoms with Gasteiger partial charge < -0.3 is 18.9 Å². The third-order valence-electron chi connectivity index (χ3n) is 2.40. The minimum absolute atomic E-state index is 0.0309. The molecule has 0 N–H and O–H groups in total. The highest BCUT2D eigenvalue weighted by Gasteiger charge is 2.36. The molecule has 0 aromatic carbocycles. The molecule has 0 saturated carbocycles. The Morgan fingerprint density at radius 1 is 1.41 bits per heavy atom. The number of carbonyl (C=O) groups excluding carboxylic acids is 1. The maximum absolute atomic E-state index is 10.6. The molecule has 0 amide bonds. The zero-order chi connectivity index (χ0) is 12.8. The highest BCUT2D eigenvalue weighted by atomic mass is 16.6. The summed E-state index contributed by atoms with van der Waals surface area (Å²) in [5.41, 5.74) is 0. The van der Waals surface area contributed by atoms with E-state index in [2.05, 4.69) is 6.58 Å². The van der Waals surface area contributed by atoms with Gasteiger partial charge in [-0.15, -0.1) is 0 Å². The van der Waals surface area contributed by atoms with E-state index in [1.807, 2.05) is 6.92 Å². The topological polar surface area (TPSA) is 54.0 Å². The highest BCUT2D eigenvalue weighted by Crippen LogP contribution is 2.21. The Labute approximate surface area is 102 Å². The molecule has 1 aliphatic rings. The van der Waals surface area contributed by atoms with Crippen molar-refractivity contribution in [3.05, 3.63) is 12.3 Å². The van der Waals surface area contributed by atoms with Gasteiger partial charge in [0.2, 0.25) is 0 Å². The molecule has 3 atom stereocenters. The van der Waals surface area contributed by atoms with Crippen LogP contribution in [0.5, 0.6) is 0 Å².